The maximum atomic E-state index is 12.3. The Labute approximate surface area is 137 Å². The average Bonchev–Trinajstić information content (AvgIpc) is 2.46. The summed E-state index contributed by atoms with van der Waals surface area (Å²) >= 11 is 0. The minimum atomic E-state index is -3.04. The molecular weight excluding hydrogens is 316 g/mol. The Morgan fingerprint density at radius 3 is 2.91 bits per heavy atom. The van der Waals surface area contributed by atoms with Gasteiger partial charge in [-0.2, -0.15) is 0 Å². The van der Waals surface area contributed by atoms with Crippen molar-refractivity contribution >= 4 is 21.6 Å². The fourth-order valence-electron chi connectivity index (χ4n) is 2.55. The maximum absolute atomic E-state index is 12.3. The lowest BCUT2D eigenvalue weighted by Crippen LogP contribution is -2.41. The molecule has 23 heavy (non-hydrogen) atoms. The van der Waals surface area contributed by atoms with Crippen molar-refractivity contribution in [1.82, 2.24) is 4.90 Å². The molecule has 1 aliphatic heterocycles. The molecule has 1 aromatic rings. The van der Waals surface area contributed by atoms with E-state index in [-0.39, 0.29) is 18.4 Å². The lowest BCUT2D eigenvalue weighted by Gasteiger charge is -2.30. The first-order chi connectivity index (χ1) is 10.8. The van der Waals surface area contributed by atoms with Crippen molar-refractivity contribution < 1.29 is 17.9 Å². The van der Waals surface area contributed by atoms with Gasteiger partial charge in [-0.15, -0.1) is 0 Å². The van der Waals surface area contributed by atoms with Crippen LogP contribution in [0.2, 0.25) is 0 Å². The van der Waals surface area contributed by atoms with Crippen molar-refractivity contribution in [3.8, 4) is 5.75 Å². The number of ether oxygens (including phenoxy) is 1. The van der Waals surface area contributed by atoms with E-state index in [9.17, 15) is 13.2 Å². The highest BCUT2D eigenvalue weighted by molar-refractivity contribution is 7.90. The summed E-state index contributed by atoms with van der Waals surface area (Å²) in [6, 6.07) is 6.89. The van der Waals surface area contributed by atoms with E-state index in [2.05, 4.69) is 12.2 Å². The molecule has 1 fully saturated rings. The van der Waals surface area contributed by atoms with Gasteiger partial charge >= 0.3 is 6.03 Å². The van der Waals surface area contributed by atoms with Crippen molar-refractivity contribution in [2.75, 3.05) is 37.0 Å². The second kappa shape index (κ2) is 7.68. The third-order valence-electron chi connectivity index (χ3n) is 3.75. The molecule has 0 unspecified atom stereocenters. The van der Waals surface area contributed by atoms with Gasteiger partial charge in [0.2, 0.25) is 0 Å². The van der Waals surface area contributed by atoms with Crippen LogP contribution in [0.4, 0.5) is 10.5 Å². The van der Waals surface area contributed by atoms with Gasteiger partial charge in [-0.05, 0) is 30.9 Å². The highest BCUT2D eigenvalue weighted by atomic mass is 32.2. The molecular formula is C16H24N2O4S. The summed E-state index contributed by atoms with van der Waals surface area (Å²) in [5.41, 5.74) is 0.644. The van der Waals surface area contributed by atoms with Gasteiger partial charge in [-0.25, -0.2) is 13.2 Å². The Morgan fingerprint density at radius 2 is 2.22 bits per heavy atom. The summed E-state index contributed by atoms with van der Waals surface area (Å²) < 4.78 is 27.6. The Hall–Kier alpha value is -1.76. The Balaban J connectivity index is 1.90. The van der Waals surface area contributed by atoms with E-state index in [1.54, 1.807) is 24.3 Å². The summed E-state index contributed by atoms with van der Waals surface area (Å²) in [4.78, 5) is 14.1. The van der Waals surface area contributed by atoms with Gasteiger partial charge in [0.25, 0.3) is 0 Å². The molecule has 0 bridgehead atoms. The van der Waals surface area contributed by atoms with E-state index in [0.717, 1.165) is 25.9 Å². The number of urea groups is 1. The van der Waals surface area contributed by atoms with Gasteiger partial charge in [-0.3, -0.25) is 0 Å². The number of amides is 2. The molecule has 0 aromatic heterocycles. The fourth-order valence-corrected chi connectivity index (χ4v) is 2.94. The largest absolute Gasteiger partial charge is 0.492 e. The molecule has 1 atom stereocenters. The number of piperidine rings is 1. The number of carbonyl (C=O) groups excluding carboxylic acids is 1. The summed E-state index contributed by atoms with van der Waals surface area (Å²) in [7, 11) is -3.04. The van der Waals surface area contributed by atoms with Crippen LogP contribution in [0.3, 0.4) is 0 Å². The third-order valence-corrected chi connectivity index (χ3v) is 4.66. The Bertz CT molecular complexity index is 645. The molecule has 1 saturated heterocycles. The van der Waals surface area contributed by atoms with Crippen molar-refractivity contribution in [2.45, 2.75) is 19.8 Å². The molecule has 1 aliphatic rings. The van der Waals surface area contributed by atoms with Crippen molar-refractivity contribution in [3.05, 3.63) is 24.3 Å². The van der Waals surface area contributed by atoms with Gasteiger partial charge in [0.1, 0.15) is 12.4 Å². The number of hydrogen-bond acceptors (Lipinski definition) is 4. The fraction of sp³-hybridized carbons (Fsp3) is 0.562. The molecule has 0 saturated carbocycles. The Morgan fingerprint density at radius 1 is 1.43 bits per heavy atom. The van der Waals surface area contributed by atoms with Crippen molar-refractivity contribution in [3.63, 3.8) is 0 Å². The van der Waals surface area contributed by atoms with Crippen LogP contribution in [0.1, 0.15) is 19.8 Å². The number of likely N-dealkylation sites (tertiary alicyclic amines) is 1. The van der Waals surface area contributed by atoms with E-state index >= 15 is 0 Å². The molecule has 7 heteroatoms. The van der Waals surface area contributed by atoms with Crippen LogP contribution in [0.25, 0.3) is 0 Å². The van der Waals surface area contributed by atoms with Crippen LogP contribution >= 0.6 is 0 Å². The maximum Gasteiger partial charge on any atom is 0.321 e. The SMILES string of the molecule is C[C@@H]1CCCN(C(=O)Nc2cccc(OCCS(C)(=O)=O)c2)C1. The quantitative estimate of drug-likeness (QED) is 0.893. The first-order valence-corrected chi connectivity index (χ1v) is 9.86. The molecule has 1 heterocycles. The molecule has 1 aromatic carbocycles. The van der Waals surface area contributed by atoms with Crippen LogP contribution in [0.5, 0.6) is 5.75 Å². The van der Waals surface area contributed by atoms with Gasteiger partial charge in [0.15, 0.2) is 9.84 Å². The zero-order chi connectivity index (χ0) is 16.9. The highest BCUT2D eigenvalue weighted by Gasteiger charge is 2.20. The minimum Gasteiger partial charge on any atom is -0.492 e. The zero-order valence-corrected chi connectivity index (χ0v) is 14.4. The molecule has 0 spiro atoms. The number of rotatable bonds is 5. The topological polar surface area (TPSA) is 75.7 Å². The lowest BCUT2D eigenvalue weighted by molar-refractivity contribution is 0.182. The second-order valence-corrected chi connectivity index (χ2v) is 8.39. The molecule has 128 valence electrons. The van der Waals surface area contributed by atoms with Crippen LogP contribution in [-0.2, 0) is 9.84 Å². The summed E-state index contributed by atoms with van der Waals surface area (Å²) in [5, 5.41) is 2.87. The van der Waals surface area contributed by atoms with Gasteiger partial charge in [-0.1, -0.05) is 13.0 Å². The highest BCUT2D eigenvalue weighted by Crippen LogP contribution is 2.20. The number of sulfone groups is 1. The van der Waals surface area contributed by atoms with E-state index in [1.807, 2.05) is 4.90 Å². The zero-order valence-electron chi connectivity index (χ0n) is 13.6. The van der Waals surface area contributed by atoms with E-state index in [4.69, 9.17) is 4.74 Å². The third kappa shape index (κ3) is 6.09. The Kier molecular flexibility index (Phi) is 5.87. The second-order valence-electron chi connectivity index (χ2n) is 6.13. The van der Waals surface area contributed by atoms with Crippen molar-refractivity contribution in [1.29, 1.82) is 0 Å². The predicted molar refractivity (Wildman–Crippen MR) is 90.6 cm³/mol. The number of hydrogen-bond donors (Lipinski definition) is 1. The first-order valence-electron chi connectivity index (χ1n) is 7.80. The normalized spacial score (nSPS) is 18.5. The number of nitrogens with one attached hydrogen (secondary N) is 1. The summed E-state index contributed by atoms with van der Waals surface area (Å²) in [6.45, 7) is 3.80. The smallest absolute Gasteiger partial charge is 0.321 e. The molecule has 0 radical (unpaired) electrons. The number of carbonyl (C=O) groups is 1. The molecule has 6 nitrogen and oxygen atoms in total. The monoisotopic (exact) mass is 340 g/mol. The number of nitrogens with zero attached hydrogens (tertiary/aromatic N) is 1. The van der Waals surface area contributed by atoms with Crippen LogP contribution in [0, 0.1) is 5.92 Å². The standard InChI is InChI=1S/C16H24N2O4S/c1-13-5-4-8-18(12-13)16(19)17-14-6-3-7-15(11-14)22-9-10-23(2,20)21/h3,6-7,11,13H,4-5,8-10,12H2,1-2H3,(H,17,19)/t13-/m1/s1. The molecule has 1 N–H and O–H groups in total. The molecule has 2 amide bonds. The average molecular weight is 340 g/mol. The van der Waals surface area contributed by atoms with E-state index < -0.39 is 9.84 Å². The van der Waals surface area contributed by atoms with Gasteiger partial charge in [0.05, 0.1) is 5.75 Å². The summed E-state index contributed by atoms with van der Waals surface area (Å²) in [6.07, 6.45) is 3.36. The van der Waals surface area contributed by atoms with Crippen LogP contribution < -0.4 is 10.1 Å². The van der Waals surface area contributed by atoms with E-state index in [1.165, 1.54) is 6.26 Å². The number of benzene rings is 1. The summed E-state index contributed by atoms with van der Waals surface area (Å²) in [5.74, 6) is 1.04. The minimum absolute atomic E-state index is 0.0325. The van der Waals surface area contributed by atoms with Crippen LogP contribution in [-0.4, -0.2) is 51.1 Å². The molecule has 0 aliphatic carbocycles. The van der Waals surface area contributed by atoms with E-state index in [0.29, 0.717) is 17.4 Å². The first kappa shape index (κ1) is 17.6. The molecule has 2 rings (SSSR count). The number of anilines is 1. The van der Waals surface area contributed by atoms with Crippen LogP contribution in [0.15, 0.2) is 24.3 Å². The van der Waals surface area contributed by atoms with Crippen molar-refractivity contribution in [2.24, 2.45) is 5.92 Å². The predicted octanol–water partition coefficient (Wildman–Crippen LogP) is 2.37. The van der Waals surface area contributed by atoms with Gasteiger partial charge < -0.3 is 15.0 Å². The lowest BCUT2D eigenvalue weighted by atomic mass is 10.0. The van der Waals surface area contributed by atoms with Gasteiger partial charge in [0, 0.05) is 31.1 Å².